The van der Waals surface area contributed by atoms with Gasteiger partial charge in [0, 0.05) is 25.6 Å². The molecule has 1 atom stereocenters. The van der Waals surface area contributed by atoms with Crippen LogP contribution in [0.4, 0.5) is 0 Å². The normalized spacial score (nSPS) is 12.0. The highest BCUT2D eigenvalue weighted by molar-refractivity contribution is 5.15. The van der Waals surface area contributed by atoms with Gasteiger partial charge in [-0.1, -0.05) is 30.3 Å². The van der Waals surface area contributed by atoms with Crippen molar-refractivity contribution in [3.8, 4) is 12.3 Å². The number of nitrogens with two attached hydrogens (primary N) is 1. The summed E-state index contributed by atoms with van der Waals surface area (Å²) in [5, 5.41) is 3.35. The zero-order valence-electron chi connectivity index (χ0n) is 8.95. The number of benzene rings is 1. The Morgan fingerprint density at radius 1 is 1.33 bits per heavy atom. The van der Waals surface area contributed by atoms with Crippen molar-refractivity contribution >= 4 is 0 Å². The fourth-order valence-electron chi connectivity index (χ4n) is 1.49. The van der Waals surface area contributed by atoms with Crippen molar-refractivity contribution in [2.75, 3.05) is 13.1 Å². The maximum absolute atomic E-state index is 5.69. The van der Waals surface area contributed by atoms with Crippen molar-refractivity contribution in [2.45, 2.75) is 18.9 Å². The van der Waals surface area contributed by atoms with Gasteiger partial charge < -0.3 is 11.1 Å². The quantitative estimate of drug-likeness (QED) is 0.537. The summed E-state index contributed by atoms with van der Waals surface area (Å²) in [7, 11) is 0. The van der Waals surface area contributed by atoms with Crippen LogP contribution in [0.25, 0.3) is 0 Å². The lowest BCUT2D eigenvalue weighted by Gasteiger charge is -2.15. The van der Waals surface area contributed by atoms with E-state index in [1.807, 2.05) is 18.2 Å². The Balaban J connectivity index is 2.37. The lowest BCUT2D eigenvalue weighted by molar-refractivity contribution is 0.524. The van der Waals surface area contributed by atoms with Crippen LogP contribution >= 0.6 is 0 Å². The Morgan fingerprint density at radius 2 is 2.07 bits per heavy atom. The maximum atomic E-state index is 5.69. The summed E-state index contributed by atoms with van der Waals surface area (Å²) in [4.78, 5) is 0. The van der Waals surface area contributed by atoms with Gasteiger partial charge in [-0.25, -0.2) is 0 Å². The second kappa shape index (κ2) is 7.05. The van der Waals surface area contributed by atoms with Gasteiger partial charge in [-0.15, -0.1) is 12.3 Å². The van der Waals surface area contributed by atoms with Gasteiger partial charge in [0.05, 0.1) is 0 Å². The van der Waals surface area contributed by atoms with Gasteiger partial charge in [0.1, 0.15) is 0 Å². The molecule has 1 rings (SSSR count). The predicted octanol–water partition coefficient (Wildman–Crippen LogP) is 1.17. The molecule has 0 aliphatic carbocycles. The molecule has 2 nitrogen and oxygen atoms in total. The standard InChI is InChI=1S/C13H18N2/c1-2-3-9-15-13(11-14)10-12-7-5-4-6-8-12/h1,4-8,13,15H,3,9-11,14H2. The lowest BCUT2D eigenvalue weighted by Crippen LogP contribution is -2.38. The molecule has 1 aromatic carbocycles. The van der Waals surface area contributed by atoms with E-state index in [9.17, 15) is 0 Å². The van der Waals surface area contributed by atoms with Crippen LogP contribution < -0.4 is 11.1 Å². The molecular weight excluding hydrogens is 184 g/mol. The third kappa shape index (κ3) is 4.64. The molecule has 3 N–H and O–H groups in total. The average molecular weight is 202 g/mol. The monoisotopic (exact) mass is 202 g/mol. The van der Waals surface area contributed by atoms with E-state index in [1.165, 1.54) is 5.56 Å². The second-order valence-corrected chi connectivity index (χ2v) is 3.53. The molecule has 0 radical (unpaired) electrons. The first-order valence-corrected chi connectivity index (χ1v) is 5.27. The van der Waals surface area contributed by atoms with Crippen molar-refractivity contribution in [3.05, 3.63) is 35.9 Å². The molecule has 0 bridgehead atoms. The summed E-state index contributed by atoms with van der Waals surface area (Å²) in [6, 6.07) is 10.7. The summed E-state index contributed by atoms with van der Waals surface area (Å²) < 4.78 is 0. The van der Waals surface area contributed by atoms with Crippen molar-refractivity contribution in [3.63, 3.8) is 0 Å². The molecule has 80 valence electrons. The van der Waals surface area contributed by atoms with Gasteiger partial charge in [0.2, 0.25) is 0 Å². The van der Waals surface area contributed by atoms with Gasteiger partial charge in [0.15, 0.2) is 0 Å². The first-order chi connectivity index (χ1) is 7.36. The maximum Gasteiger partial charge on any atom is 0.0230 e. The van der Waals surface area contributed by atoms with E-state index in [0.29, 0.717) is 12.6 Å². The molecule has 1 unspecified atom stereocenters. The van der Waals surface area contributed by atoms with Gasteiger partial charge in [-0.2, -0.15) is 0 Å². The fourth-order valence-corrected chi connectivity index (χ4v) is 1.49. The van der Waals surface area contributed by atoms with Gasteiger partial charge >= 0.3 is 0 Å². The Kier molecular flexibility index (Phi) is 5.54. The highest BCUT2D eigenvalue weighted by Gasteiger charge is 2.05. The average Bonchev–Trinajstić information content (AvgIpc) is 2.29. The van der Waals surface area contributed by atoms with Gasteiger partial charge in [-0.3, -0.25) is 0 Å². The highest BCUT2D eigenvalue weighted by atomic mass is 14.9. The van der Waals surface area contributed by atoms with Gasteiger partial charge in [0.25, 0.3) is 0 Å². The smallest absolute Gasteiger partial charge is 0.0230 e. The van der Waals surface area contributed by atoms with Crippen molar-refractivity contribution in [1.29, 1.82) is 0 Å². The van der Waals surface area contributed by atoms with Crippen LogP contribution in [-0.4, -0.2) is 19.1 Å². The minimum absolute atomic E-state index is 0.320. The molecule has 0 spiro atoms. The number of rotatable bonds is 6. The fraction of sp³-hybridized carbons (Fsp3) is 0.385. The lowest BCUT2D eigenvalue weighted by atomic mass is 10.1. The van der Waals surface area contributed by atoms with E-state index in [0.717, 1.165) is 19.4 Å². The van der Waals surface area contributed by atoms with Crippen molar-refractivity contribution < 1.29 is 0 Å². The van der Waals surface area contributed by atoms with Crippen LogP contribution in [0.15, 0.2) is 30.3 Å². The van der Waals surface area contributed by atoms with Crippen molar-refractivity contribution in [1.82, 2.24) is 5.32 Å². The zero-order chi connectivity index (χ0) is 10.9. The third-order valence-corrected chi connectivity index (χ3v) is 2.31. The number of hydrogen-bond donors (Lipinski definition) is 2. The van der Waals surface area contributed by atoms with E-state index in [1.54, 1.807) is 0 Å². The van der Waals surface area contributed by atoms with E-state index in [-0.39, 0.29) is 0 Å². The Morgan fingerprint density at radius 3 is 2.67 bits per heavy atom. The van der Waals surface area contributed by atoms with Crippen LogP contribution in [-0.2, 0) is 6.42 Å². The molecule has 0 aliphatic rings. The molecule has 15 heavy (non-hydrogen) atoms. The van der Waals surface area contributed by atoms with Crippen LogP contribution in [0.3, 0.4) is 0 Å². The Bertz CT molecular complexity index is 300. The molecule has 0 heterocycles. The molecule has 0 aliphatic heterocycles. The zero-order valence-corrected chi connectivity index (χ0v) is 8.95. The second-order valence-electron chi connectivity index (χ2n) is 3.53. The Labute approximate surface area is 91.9 Å². The largest absolute Gasteiger partial charge is 0.329 e. The van der Waals surface area contributed by atoms with Crippen LogP contribution in [0.5, 0.6) is 0 Å². The summed E-state index contributed by atoms with van der Waals surface area (Å²) in [6.45, 7) is 1.48. The van der Waals surface area contributed by atoms with E-state index in [2.05, 4.69) is 23.4 Å². The van der Waals surface area contributed by atoms with Crippen LogP contribution in [0.1, 0.15) is 12.0 Å². The predicted molar refractivity (Wildman–Crippen MR) is 64.4 cm³/mol. The minimum atomic E-state index is 0.320. The summed E-state index contributed by atoms with van der Waals surface area (Å²) >= 11 is 0. The molecular formula is C13H18N2. The molecule has 0 amide bonds. The third-order valence-electron chi connectivity index (χ3n) is 2.31. The van der Waals surface area contributed by atoms with E-state index < -0.39 is 0 Å². The summed E-state index contributed by atoms with van der Waals surface area (Å²) in [6.07, 6.45) is 6.90. The molecule has 1 aromatic rings. The summed E-state index contributed by atoms with van der Waals surface area (Å²) in [5.74, 6) is 2.61. The summed E-state index contributed by atoms with van der Waals surface area (Å²) in [5.41, 5.74) is 7.00. The molecule has 2 heteroatoms. The minimum Gasteiger partial charge on any atom is -0.329 e. The number of terminal acetylenes is 1. The number of nitrogens with one attached hydrogen (secondary N) is 1. The van der Waals surface area contributed by atoms with E-state index in [4.69, 9.17) is 12.2 Å². The first-order valence-electron chi connectivity index (χ1n) is 5.27. The Hall–Kier alpha value is -1.30. The first kappa shape index (κ1) is 11.8. The number of hydrogen-bond acceptors (Lipinski definition) is 2. The molecule has 0 saturated carbocycles. The topological polar surface area (TPSA) is 38.0 Å². The van der Waals surface area contributed by atoms with Crippen LogP contribution in [0.2, 0.25) is 0 Å². The van der Waals surface area contributed by atoms with Gasteiger partial charge in [-0.05, 0) is 12.0 Å². The highest BCUT2D eigenvalue weighted by Crippen LogP contribution is 2.02. The van der Waals surface area contributed by atoms with E-state index >= 15 is 0 Å². The molecule has 0 saturated heterocycles. The molecule has 0 aromatic heterocycles. The van der Waals surface area contributed by atoms with Crippen molar-refractivity contribution in [2.24, 2.45) is 5.73 Å². The molecule has 0 fully saturated rings. The van der Waals surface area contributed by atoms with Crippen LogP contribution in [0, 0.1) is 12.3 Å². The SMILES string of the molecule is C#CCCNC(CN)Cc1ccccc1.